The summed E-state index contributed by atoms with van der Waals surface area (Å²) in [4.78, 5) is 11.3. The lowest BCUT2D eigenvalue weighted by atomic mass is 10.1. The molecule has 1 aromatic carbocycles. The van der Waals surface area contributed by atoms with Gasteiger partial charge in [0.1, 0.15) is 17.4 Å². The highest BCUT2D eigenvalue weighted by Crippen LogP contribution is 2.32. The number of aromatic nitrogens is 2. The van der Waals surface area contributed by atoms with Crippen molar-refractivity contribution in [2.24, 2.45) is 0 Å². The molecular weight excluding hydrogens is 242 g/mol. The molecule has 0 spiro atoms. The summed E-state index contributed by atoms with van der Waals surface area (Å²) in [5.41, 5.74) is 3.53. The summed E-state index contributed by atoms with van der Waals surface area (Å²) >= 11 is 1.63. The predicted octanol–water partition coefficient (Wildman–Crippen LogP) is 3.22. The minimum Gasteiger partial charge on any atom is -0.378 e. The second kappa shape index (κ2) is 4.38. The first kappa shape index (κ1) is 11.2. The monoisotopic (exact) mass is 254 g/mol. The van der Waals surface area contributed by atoms with Crippen molar-refractivity contribution in [3.63, 3.8) is 0 Å². The van der Waals surface area contributed by atoms with Crippen LogP contribution in [0.15, 0.2) is 36.0 Å². The van der Waals surface area contributed by atoms with Crippen LogP contribution in [0.5, 0.6) is 0 Å². The maximum absolute atomic E-state index is 4.24. The smallest absolute Gasteiger partial charge is 0.127 e. The predicted molar refractivity (Wildman–Crippen MR) is 76.0 cm³/mol. The van der Waals surface area contributed by atoms with E-state index in [-0.39, 0.29) is 0 Å². The van der Waals surface area contributed by atoms with E-state index in [4.69, 9.17) is 0 Å². The molecule has 0 aliphatic carbocycles. The number of thiophene rings is 1. The first-order valence-electron chi connectivity index (χ1n) is 5.63. The SMILES string of the molecule is CN(C)c1ccc(-c2csc3ncn[c]c23)cc1. The van der Waals surface area contributed by atoms with Gasteiger partial charge in [0.25, 0.3) is 0 Å². The molecule has 0 saturated carbocycles. The molecule has 2 aromatic heterocycles. The van der Waals surface area contributed by atoms with Crippen LogP contribution in [0.25, 0.3) is 21.3 Å². The van der Waals surface area contributed by atoms with Crippen LogP contribution in [0.2, 0.25) is 0 Å². The van der Waals surface area contributed by atoms with Crippen LogP contribution in [0, 0.1) is 6.20 Å². The lowest BCUT2D eigenvalue weighted by Crippen LogP contribution is -2.07. The zero-order chi connectivity index (χ0) is 12.5. The van der Waals surface area contributed by atoms with E-state index < -0.39 is 0 Å². The Bertz CT molecular complexity index is 671. The van der Waals surface area contributed by atoms with Gasteiger partial charge in [-0.2, -0.15) is 0 Å². The highest BCUT2D eigenvalue weighted by Gasteiger charge is 2.07. The first-order valence-corrected chi connectivity index (χ1v) is 6.51. The first-order chi connectivity index (χ1) is 8.75. The highest BCUT2D eigenvalue weighted by molar-refractivity contribution is 7.17. The number of hydrogen-bond acceptors (Lipinski definition) is 4. The third-order valence-corrected chi connectivity index (χ3v) is 3.76. The molecule has 3 nitrogen and oxygen atoms in total. The molecule has 0 aliphatic heterocycles. The van der Waals surface area contributed by atoms with Crippen LogP contribution in [0.3, 0.4) is 0 Å². The van der Waals surface area contributed by atoms with E-state index in [1.807, 2.05) is 14.1 Å². The maximum Gasteiger partial charge on any atom is 0.127 e. The Balaban J connectivity index is 2.09. The van der Waals surface area contributed by atoms with Gasteiger partial charge in [-0.05, 0) is 17.7 Å². The fraction of sp³-hybridized carbons (Fsp3) is 0.143. The summed E-state index contributed by atoms with van der Waals surface area (Å²) < 4.78 is 0. The Kier molecular flexibility index (Phi) is 2.72. The van der Waals surface area contributed by atoms with Gasteiger partial charge in [-0.3, -0.25) is 0 Å². The van der Waals surface area contributed by atoms with Crippen LogP contribution < -0.4 is 4.90 Å². The zero-order valence-corrected chi connectivity index (χ0v) is 11.0. The standard InChI is InChI=1S/C14H12N3S/c1-17(2)11-5-3-10(4-6-11)13-8-18-14-12(13)7-15-9-16-14/h3-6,8-9H,1-2H3. The van der Waals surface area contributed by atoms with E-state index in [0.29, 0.717) is 0 Å². The molecule has 1 radical (unpaired) electrons. The molecule has 4 heteroatoms. The molecule has 0 unspecified atom stereocenters. The molecule has 0 saturated heterocycles. The van der Waals surface area contributed by atoms with Crippen LogP contribution in [0.1, 0.15) is 0 Å². The van der Waals surface area contributed by atoms with Gasteiger partial charge in [-0.15, -0.1) is 11.3 Å². The Morgan fingerprint density at radius 3 is 2.67 bits per heavy atom. The molecule has 89 valence electrons. The molecule has 3 rings (SSSR count). The van der Waals surface area contributed by atoms with Crippen molar-refractivity contribution in [3.8, 4) is 11.1 Å². The average molecular weight is 254 g/mol. The molecule has 18 heavy (non-hydrogen) atoms. The van der Waals surface area contributed by atoms with Crippen molar-refractivity contribution in [3.05, 3.63) is 42.2 Å². The van der Waals surface area contributed by atoms with E-state index in [0.717, 1.165) is 15.8 Å². The molecule has 0 amide bonds. The van der Waals surface area contributed by atoms with Crippen LogP contribution in [-0.2, 0) is 0 Å². The van der Waals surface area contributed by atoms with Crippen molar-refractivity contribution >= 4 is 27.2 Å². The number of anilines is 1. The van der Waals surface area contributed by atoms with Gasteiger partial charge >= 0.3 is 0 Å². The molecule has 2 heterocycles. The summed E-state index contributed by atoms with van der Waals surface area (Å²) in [6.07, 6.45) is 4.56. The number of benzene rings is 1. The van der Waals surface area contributed by atoms with Gasteiger partial charge in [0.05, 0.1) is 0 Å². The summed E-state index contributed by atoms with van der Waals surface area (Å²) in [6, 6.07) is 8.47. The third kappa shape index (κ3) is 1.84. The number of fused-ring (bicyclic) bond motifs is 1. The molecular formula is C14H12N3S. The second-order valence-electron chi connectivity index (χ2n) is 4.26. The van der Waals surface area contributed by atoms with E-state index in [1.54, 1.807) is 11.3 Å². The van der Waals surface area contributed by atoms with E-state index in [9.17, 15) is 0 Å². The lowest BCUT2D eigenvalue weighted by molar-refractivity contribution is 1.13. The van der Waals surface area contributed by atoms with Crippen molar-refractivity contribution in [1.82, 2.24) is 9.97 Å². The quantitative estimate of drug-likeness (QED) is 0.703. The number of rotatable bonds is 2. The zero-order valence-electron chi connectivity index (χ0n) is 10.2. The fourth-order valence-corrected chi connectivity index (χ4v) is 2.74. The maximum atomic E-state index is 4.24. The third-order valence-electron chi connectivity index (χ3n) is 2.88. The van der Waals surface area contributed by atoms with Gasteiger partial charge in [0.2, 0.25) is 0 Å². The average Bonchev–Trinajstić information content (AvgIpc) is 2.82. The van der Waals surface area contributed by atoms with Crippen molar-refractivity contribution in [1.29, 1.82) is 0 Å². The molecule has 0 aliphatic rings. The topological polar surface area (TPSA) is 29.0 Å². The molecule has 0 N–H and O–H groups in total. The molecule has 0 atom stereocenters. The number of nitrogens with zero attached hydrogens (tertiary/aromatic N) is 3. The normalized spacial score (nSPS) is 10.8. The van der Waals surface area contributed by atoms with E-state index in [1.165, 1.54) is 17.6 Å². The van der Waals surface area contributed by atoms with Gasteiger partial charge in [0, 0.05) is 36.1 Å². The molecule has 0 bridgehead atoms. The minimum atomic E-state index is 0.983. The Labute approximate surface area is 110 Å². The second-order valence-corrected chi connectivity index (χ2v) is 5.11. The molecule has 0 fully saturated rings. The van der Waals surface area contributed by atoms with E-state index >= 15 is 0 Å². The van der Waals surface area contributed by atoms with Gasteiger partial charge in [0.15, 0.2) is 0 Å². The Hall–Kier alpha value is -1.94. The number of hydrogen-bond donors (Lipinski definition) is 0. The van der Waals surface area contributed by atoms with Crippen LogP contribution in [-0.4, -0.2) is 24.1 Å². The fourth-order valence-electron chi connectivity index (χ4n) is 1.88. The van der Waals surface area contributed by atoms with Crippen molar-refractivity contribution in [2.45, 2.75) is 0 Å². The van der Waals surface area contributed by atoms with Gasteiger partial charge in [-0.1, -0.05) is 12.1 Å². The van der Waals surface area contributed by atoms with Crippen molar-refractivity contribution in [2.75, 3.05) is 19.0 Å². The summed E-state index contributed by atoms with van der Waals surface area (Å²) in [5, 5.41) is 3.11. The summed E-state index contributed by atoms with van der Waals surface area (Å²) in [7, 11) is 4.08. The van der Waals surface area contributed by atoms with E-state index in [2.05, 4.69) is 50.7 Å². The Morgan fingerprint density at radius 2 is 1.94 bits per heavy atom. The minimum absolute atomic E-state index is 0.983. The summed E-state index contributed by atoms with van der Waals surface area (Å²) in [5.74, 6) is 0. The van der Waals surface area contributed by atoms with Crippen molar-refractivity contribution < 1.29 is 0 Å². The molecule has 3 aromatic rings. The van der Waals surface area contributed by atoms with Gasteiger partial charge < -0.3 is 4.90 Å². The van der Waals surface area contributed by atoms with Crippen LogP contribution in [0.4, 0.5) is 5.69 Å². The van der Waals surface area contributed by atoms with Crippen LogP contribution >= 0.6 is 11.3 Å². The lowest BCUT2D eigenvalue weighted by Gasteiger charge is -2.12. The highest BCUT2D eigenvalue weighted by atomic mass is 32.1. The van der Waals surface area contributed by atoms with Gasteiger partial charge in [-0.25, -0.2) is 9.97 Å². The largest absolute Gasteiger partial charge is 0.378 e. The Morgan fingerprint density at radius 1 is 1.17 bits per heavy atom. The summed E-state index contributed by atoms with van der Waals surface area (Å²) in [6.45, 7) is 0.